The maximum absolute atomic E-state index is 13.2. The Morgan fingerprint density at radius 1 is 1.07 bits per heavy atom. The number of benzene rings is 2. The molecule has 0 bridgehead atoms. The summed E-state index contributed by atoms with van der Waals surface area (Å²) in [6.45, 7) is 5.59. The first-order valence-corrected chi connectivity index (χ1v) is 9.62. The molecule has 0 amide bonds. The van der Waals surface area contributed by atoms with Gasteiger partial charge in [-0.05, 0) is 67.4 Å². The van der Waals surface area contributed by atoms with Gasteiger partial charge in [-0.1, -0.05) is 12.1 Å². The van der Waals surface area contributed by atoms with Crippen LogP contribution in [0.4, 0.5) is 10.1 Å². The monoisotopic (exact) mass is 425 g/mol. The first-order chi connectivity index (χ1) is 14.1. The van der Waals surface area contributed by atoms with E-state index in [9.17, 15) is 4.39 Å². The van der Waals surface area contributed by atoms with Crippen molar-refractivity contribution in [2.24, 2.45) is 0 Å². The molecule has 0 atom stereocenters. The summed E-state index contributed by atoms with van der Waals surface area (Å²) in [6.07, 6.45) is 1.85. The average Bonchev–Trinajstić information content (AvgIpc) is 2.99. The minimum atomic E-state index is -0.241. The number of nitrogens with one attached hydrogen (secondary N) is 1. The molecule has 2 aromatic heterocycles. The Labute approximate surface area is 182 Å². The summed E-state index contributed by atoms with van der Waals surface area (Å²) in [7, 11) is 1.68. The normalized spacial score (nSPS) is 10.7. The minimum Gasteiger partial charge on any atom is -0.497 e. The second-order valence-corrected chi connectivity index (χ2v) is 7.16. The quantitative estimate of drug-likeness (QED) is 0.419. The first-order valence-electron chi connectivity index (χ1n) is 9.62. The number of aryl methyl sites for hydroxylation is 1. The van der Waals surface area contributed by atoms with Crippen molar-refractivity contribution < 1.29 is 9.13 Å². The van der Waals surface area contributed by atoms with E-state index in [0.717, 1.165) is 29.2 Å². The Bertz CT molecular complexity index is 1160. The second kappa shape index (κ2) is 9.18. The lowest BCUT2D eigenvalue weighted by atomic mass is 10.1. The third kappa shape index (κ3) is 4.26. The van der Waals surface area contributed by atoms with Crippen molar-refractivity contribution in [3.05, 3.63) is 89.1 Å². The predicted octanol–water partition coefficient (Wildman–Crippen LogP) is 5.88. The van der Waals surface area contributed by atoms with E-state index in [4.69, 9.17) is 4.74 Å². The summed E-state index contributed by atoms with van der Waals surface area (Å²) in [5.41, 5.74) is 6.60. The standard InChI is InChI=1S/C24H24FN3O.ClH/c1-16-17(2)28(15-18-5-4-6-21(13-18)29-3)24-22(16)11-12-26-23(24)14-27-20-9-7-19(25)8-10-20;/h4-13,27H,14-15H2,1-3H3;1H. The number of ether oxygens (including phenoxy) is 1. The lowest BCUT2D eigenvalue weighted by Crippen LogP contribution is -2.08. The predicted molar refractivity (Wildman–Crippen MR) is 122 cm³/mol. The Kier molecular flexibility index (Phi) is 6.63. The highest BCUT2D eigenvalue weighted by atomic mass is 35.5. The molecule has 156 valence electrons. The third-order valence-corrected chi connectivity index (χ3v) is 5.40. The number of anilines is 1. The van der Waals surface area contributed by atoms with Gasteiger partial charge < -0.3 is 14.6 Å². The fourth-order valence-corrected chi connectivity index (χ4v) is 3.70. The number of aromatic nitrogens is 2. The fourth-order valence-electron chi connectivity index (χ4n) is 3.70. The zero-order valence-corrected chi connectivity index (χ0v) is 18.1. The van der Waals surface area contributed by atoms with E-state index in [-0.39, 0.29) is 18.2 Å². The van der Waals surface area contributed by atoms with E-state index in [1.165, 1.54) is 34.3 Å². The lowest BCUT2D eigenvalue weighted by Gasteiger charge is -2.13. The van der Waals surface area contributed by atoms with E-state index in [0.29, 0.717) is 6.54 Å². The topological polar surface area (TPSA) is 39.1 Å². The molecule has 6 heteroatoms. The average molecular weight is 426 g/mol. The zero-order valence-electron chi connectivity index (χ0n) is 17.3. The molecule has 0 fully saturated rings. The van der Waals surface area contributed by atoms with Gasteiger partial charge in [-0.2, -0.15) is 0 Å². The summed E-state index contributed by atoms with van der Waals surface area (Å²) in [4.78, 5) is 4.65. The maximum atomic E-state index is 13.2. The molecular formula is C24H25ClFN3O. The van der Waals surface area contributed by atoms with Crippen molar-refractivity contribution >= 4 is 29.0 Å². The number of methoxy groups -OCH3 is 1. The molecule has 4 rings (SSSR count). The van der Waals surface area contributed by atoms with Crippen molar-refractivity contribution in [2.75, 3.05) is 12.4 Å². The molecule has 30 heavy (non-hydrogen) atoms. The Morgan fingerprint density at radius 3 is 2.57 bits per heavy atom. The van der Waals surface area contributed by atoms with Gasteiger partial charge >= 0.3 is 0 Å². The van der Waals surface area contributed by atoms with Gasteiger partial charge in [0.25, 0.3) is 0 Å². The third-order valence-electron chi connectivity index (χ3n) is 5.40. The van der Waals surface area contributed by atoms with Gasteiger partial charge in [-0.15, -0.1) is 12.4 Å². The number of hydrogen-bond donors (Lipinski definition) is 1. The molecule has 1 N–H and O–H groups in total. The highest BCUT2D eigenvalue weighted by molar-refractivity contribution is 5.87. The van der Waals surface area contributed by atoms with E-state index < -0.39 is 0 Å². The van der Waals surface area contributed by atoms with Crippen LogP contribution < -0.4 is 10.1 Å². The van der Waals surface area contributed by atoms with Crippen LogP contribution in [0.25, 0.3) is 10.9 Å². The Hall–Kier alpha value is -3.05. The fraction of sp³-hybridized carbons (Fsp3) is 0.208. The minimum absolute atomic E-state index is 0. The van der Waals surface area contributed by atoms with Crippen molar-refractivity contribution in [2.45, 2.75) is 26.9 Å². The van der Waals surface area contributed by atoms with Crippen LogP contribution in [0.2, 0.25) is 0 Å². The molecule has 0 aliphatic carbocycles. The molecule has 0 aliphatic rings. The Morgan fingerprint density at radius 2 is 1.83 bits per heavy atom. The molecule has 2 heterocycles. The number of fused-ring (bicyclic) bond motifs is 1. The van der Waals surface area contributed by atoms with Crippen LogP contribution in [-0.4, -0.2) is 16.7 Å². The molecule has 4 aromatic rings. The summed E-state index contributed by atoms with van der Waals surface area (Å²) < 4.78 is 20.9. The summed E-state index contributed by atoms with van der Waals surface area (Å²) >= 11 is 0. The van der Waals surface area contributed by atoms with Gasteiger partial charge in [-0.3, -0.25) is 4.98 Å². The van der Waals surface area contributed by atoms with Gasteiger partial charge in [0.1, 0.15) is 11.6 Å². The van der Waals surface area contributed by atoms with Crippen LogP contribution in [0.1, 0.15) is 22.5 Å². The van der Waals surface area contributed by atoms with Crippen molar-refractivity contribution in [3.63, 3.8) is 0 Å². The van der Waals surface area contributed by atoms with E-state index >= 15 is 0 Å². The summed E-state index contributed by atoms with van der Waals surface area (Å²) in [5, 5.41) is 4.56. The first kappa shape index (κ1) is 21.7. The van der Waals surface area contributed by atoms with E-state index in [1.54, 1.807) is 19.2 Å². The van der Waals surface area contributed by atoms with Crippen LogP contribution in [0, 0.1) is 19.7 Å². The Balaban J connectivity index is 0.00000256. The van der Waals surface area contributed by atoms with E-state index in [1.807, 2.05) is 18.3 Å². The van der Waals surface area contributed by atoms with Gasteiger partial charge in [0.2, 0.25) is 0 Å². The molecule has 0 aliphatic heterocycles. The SMILES string of the molecule is COc1cccc(Cn2c(C)c(C)c3ccnc(CNc4ccc(F)cc4)c32)c1.Cl. The molecular weight excluding hydrogens is 401 g/mol. The smallest absolute Gasteiger partial charge is 0.123 e. The number of halogens is 2. The van der Waals surface area contributed by atoms with Gasteiger partial charge in [0.05, 0.1) is 24.9 Å². The van der Waals surface area contributed by atoms with Crippen LogP contribution in [0.5, 0.6) is 5.75 Å². The number of hydrogen-bond acceptors (Lipinski definition) is 3. The van der Waals surface area contributed by atoms with Gasteiger partial charge in [0.15, 0.2) is 0 Å². The number of nitrogens with zero attached hydrogens (tertiary/aromatic N) is 2. The second-order valence-electron chi connectivity index (χ2n) is 7.16. The van der Waals surface area contributed by atoms with Crippen LogP contribution >= 0.6 is 12.4 Å². The number of pyridine rings is 1. The zero-order chi connectivity index (χ0) is 20.4. The highest BCUT2D eigenvalue weighted by Gasteiger charge is 2.15. The summed E-state index contributed by atoms with van der Waals surface area (Å²) in [6, 6.07) is 16.6. The lowest BCUT2D eigenvalue weighted by molar-refractivity contribution is 0.414. The molecule has 0 unspecified atom stereocenters. The van der Waals surface area contributed by atoms with Crippen LogP contribution in [-0.2, 0) is 13.1 Å². The van der Waals surface area contributed by atoms with Crippen LogP contribution in [0.3, 0.4) is 0 Å². The molecule has 4 nitrogen and oxygen atoms in total. The maximum Gasteiger partial charge on any atom is 0.123 e. The summed E-state index contributed by atoms with van der Waals surface area (Å²) in [5.74, 6) is 0.610. The molecule has 0 radical (unpaired) electrons. The van der Waals surface area contributed by atoms with Gasteiger partial charge in [-0.25, -0.2) is 4.39 Å². The van der Waals surface area contributed by atoms with E-state index in [2.05, 4.69) is 46.9 Å². The molecule has 0 saturated heterocycles. The molecule has 0 saturated carbocycles. The number of rotatable bonds is 6. The largest absolute Gasteiger partial charge is 0.497 e. The van der Waals surface area contributed by atoms with Gasteiger partial charge in [0, 0.05) is 29.5 Å². The van der Waals surface area contributed by atoms with Crippen LogP contribution in [0.15, 0.2) is 60.8 Å². The highest BCUT2D eigenvalue weighted by Crippen LogP contribution is 2.29. The van der Waals surface area contributed by atoms with Crippen molar-refractivity contribution in [1.82, 2.24) is 9.55 Å². The molecule has 2 aromatic carbocycles. The van der Waals surface area contributed by atoms with Crippen molar-refractivity contribution in [3.8, 4) is 5.75 Å². The molecule has 0 spiro atoms. The van der Waals surface area contributed by atoms with Crippen molar-refractivity contribution in [1.29, 1.82) is 0 Å².